The SMILES string of the molecule is O=C(Nc1cncc(OCCO)n1)N1c2nc(-c3cccc(C(F)(F)F)c3)c(Cl)cc2N2CC[C@H]1C2. The van der Waals surface area contributed by atoms with E-state index in [-0.39, 0.29) is 47.2 Å². The van der Waals surface area contributed by atoms with Crippen molar-refractivity contribution in [2.45, 2.75) is 18.6 Å². The Morgan fingerprint density at radius 2 is 2.08 bits per heavy atom. The molecule has 4 heterocycles. The van der Waals surface area contributed by atoms with Crippen LogP contribution >= 0.6 is 11.6 Å². The predicted octanol–water partition coefficient (Wildman–Crippen LogP) is 4.21. The van der Waals surface area contributed by atoms with Gasteiger partial charge in [-0.05, 0) is 24.6 Å². The van der Waals surface area contributed by atoms with Crippen LogP contribution < -0.4 is 19.9 Å². The van der Waals surface area contributed by atoms with Crippen LogP contribution in [-0.4, -0.2) is 58.4 Å². The molecule has 0 spiro atoms. The number of ether oxygens (including phenoxy) is 1. The van der Waals surface area contributed by atoms with Crippen LogP contribution in [0.2, 0.25) is 5.02 Å². The van der Waals surface area contributed by atoms with E-state index in [9.17, 15) is 18.0 Å². The second-order valence-electron chi connectivity index (χ2n) is 8.24. The van der Waals surface area contributed by atoms with Crippen LogP contribution in [0.15, 0.2) is 42.7 Å². The number of amides is 2. The molecule has 0 radical (unpaired) electrons. The number of alkyl halides is 3. The maximum Gasteiger partial charge on any atom is 0.416 e. The summed E-state index contributed by atoms with van der Waals surface area (Å²) in [6.45, 7) is 1.05. The number of halogens is 4. The summed E-state index contributed by atoms with van der Waals surface area (Å²) in [6.07, 6.45) is -1.16. The van der Waals surface area contributed by atoms with Crippen LogP contribution in [-0.2, 0) is 6.18 Å². The van der Waals surface area contributed by atoms with E-state index in [4.69, 9.17) is 21.4 Å². The molecule has 5 rings (SSSR count). The molecule has 1 fully saturated rings. The molecule has 13 heteroatoms. The molecule has 2 amide bonds. The Morgan fingerprint density at radius 3 is 2.86 bits per heavy atom. The Labute approximate surface area is 208 Å². The smallest absolute Gasteiger partial charge is 0.416 e. The maximum atomic E-state index is 13.4. The number of aromatic nitrogens is 3. The highest BCUT2D eigenvalue weighted by molar-refractivity contribution is 6.33. The molecule has 1 atom stereocenters. The first-order valence-corrected chi connectivity index (χ1v) is 11.4. The van der Waals surface area contributed by atoms with Crippen LogP contribution in [0.5, 0.6) is 5.88 Å². The molecule has 9 nitrogen and oxygen atoms in total. The fraction of sp³-hybridized carbons (Fsp3) is 0.304. The van der Waals surface area contributed by atoms with Crippen molar-refractivity contribution in [2.24, 2.45) is 0 Å². The van der Waals surface area contributed by atoms with Crippen molar-refractivity contribution in [1.29, 1.82) is 0 Å². The summed E-state index contributed by atoms with van der Waals surface area (Å²) in [5, 5.41) is 11.8. The number of rotatable bonds is 5. The van der Waals surface area contributed by atoms with Crippen molar-refractivity contribution in [2.75, 3.05) is 41.4 Å². The number of aliphatic hydroxyl groups is 1. The van der Waals surface area contributed by atoms with Crippen molar-refractivity contribution in [3.63, 3.8) is 0 Å². The lowest BCUT2D eigenvalue weighted by Crippen LogP contribution is -2.48. The zero-order valence-corrected chi connectivity index (χ0v) is 19.4. The summed E-state index contributed by atoms with van der Waals surface area (Å²) in [4.78, 5) is 29.6. The molecule has 0 saturated carbocycles. The highest BCUT2D eigenvalue weighted by atomic mass is 35.5. The zero-order chi connectivity index (χ0) is 25.4. The number of nitrogens with zero attached hydrogens (tertiary/aromatic N) is 5. The van der Waals surface area contributed by atoms with Gasteiger partial charge in [0.05, 0.1) is 47.0 Å². The Morgan fingerprint density at radius 1 is 1.25 bits per heavy atom. The van der Waals surface area contributed by atoms with Crippen LogP contribution in [0.1, 0.15) is 12.0 Å². The van der Waals surface area contributed by atoms with Gasteiger partial charge in [0.1, 0.15) is 6.61 Å². The summed E-state index contributed by atoms with van der Waals surface area (Å²) in [5.74, 6) is 0.549. The summed E-state index contributed by atoms with van der Waals surface area (Å²) in [5.41, 5.74) is 0.119. The lowest BCUT2D eigenvalue weighted by Gasteiger charge is -2.36. The van der Waals surface area contributed by atoms with Crippen molar-refractivity contribution in [3.8, 4) is 17.1 Å². The van der Waals surface area contributed by atoms with Gasteiger partial charge in [-0.25, -0.2) is 9.78 Å². The van der Waals surface area contributed by atoms with Gasteiger partial charge in [-0.2, -0.15) is 18.2 Å². The molecular formula is C23H20ClF3N6O3. The van der Waals surface area contributed by atoms with E-state index < -0.39 is 17.8 Å². The molecular weight excluding hydrogens is 501 g/mol. The standard InChI is InChI=1S/C23H20ClF3N6O3/c24-16-9-17-21(31-20(16)13-2-1-3-14(8-13)23(25,26)27)33(15-4-5-32(17)12-15)22(35)30-18-10-28-11-19(29-18)36-7-6-34/h1-3,8-11,15,34H,4-7,12H2,(H,29,30,35)/t15-/m0/s1. The molecule has 0 aliphatic carbocycles. The van der Waals surface area contributed by atoms with Gasteiger partial charge in [0, 0.05) is 18.7 Å². The van der Waals surface area contributed by atoms with E-state index in [2.05, 4.69) is 20.3 Å². The van der Waals surface area contributed by atoms with Crippen molar-refractivity contribution < 1.29 is 27.8 Å². The monoisotopic (exact) mass is 520 g/mol. The van der Waals surface area contributed by atoms with Gasteiger partial charge >= 0.3 is 12.2 Å². The number of fused-ring (bicyclic) bond motifs is 4. The fourth-order valence-corrected chi connectivity index (χ4v) is 4.58. The number of anilines is 3. The largest absolute Gasteiger partial charge is 0.474 e. The molecule has 0 unspecified atom stereocenters. The second kappa shape index (κ2) is 9.43. The van der Waals surface area contributed by atoms with Crippen molar-refractivity contribution in [1.82, 2.24) is 15.0 Å². The van der Waals surface area contributed by atoms with Crippen LogP contribution in [0.25, 0.3) is 11.3 Å². The third-order valence-electron chi connectivity index (χ3n) is 5.90. The molecule has 2 N–H and O–H groups in total. The number of nitrogens with one attached hydrogen (secondary N) is 1. The molecule has 2 bridgehead atoms. The Hall–Kier alpha value is -3.64. The van der Waals surface area contributed by atoms with Gasteiger partial charge in [0.25, 0.3) is 0 Å². The molecule has 2 aromatic heterocycles. The van der Waals surface area contributed by atoms with Gasteiger partial charge < -0.3 is 14.7 Å². The maximum absolute atomic E-state index is 13.4. The predicted molar refractivity (Wildman–Crippen MR) is 126 cm³/mol. The van der Waals surface area contributed by atoms with Crippen LogP contribution in [0, 0.1) is 0 Å². The fourth-order valence-electron chi connectivity index (χ4n) is 4.33. The number of aliphatic hydroxyl groups excluding tert-OH is 1. The van der Waals surface area contributed by atoms with Gasteiger partial charge in [-0.1, -0.05) is 23.7 Å². The summed E-state index contributed by atoms with van der Waals surface area (Å²) < 4.78 is 45.1. The lowest BCUT2D eigenvalue weighted by molar-refractivity contribution is -0.137. The Bertz CT molecular complexity index is 1310. The lowest BCUT2D eigenvalue weighted by atomic mass is 10.1. The van der Waals surface area contributed by atoms with E-state index in [1.54, 1.807) is 6.07 Å². The number of hydrogen-bond donors (Lipinski definition) is 2. The molecule has 2 aliphatic rings. The minimum atomic E-state index is -4.52. The molecule has 3 aromatic rings. The molecule has 1 saturated heterocycles. The molecule has 36 heavy (non-hydrogen) atoms. The molecule has 188 valence electrons. The van der Waals surface area contributed by atoms with E-state index in [1.165, 1.54) is 29.4 Å². The number of carbonyl (C=O) groups is 1. The highest BCUT2D eigenvalue weighted by Gasteiger charge is 2.41. The van der Waals surface area contributed by atoms with Crippen LogP contribution in [0.4, 0.5) is 35.3 Å². The van der Waals surface area contributed by atoms with Crippen molar-refractivity contribution in [3.05, 3.63) is 53.3 Å². The zero-order valence-electron chi connectivity index (χ0n) is 18.7. The summed E-state index contributed by atoms with van der Waals surface area (Å²) >= 11 is 6.47. The highest BCUT2D eigenvalue weighted by Crippen LogP contribution is 2.43. The molecule has 2 aliphatic heterocycles. The average Bonchev–Trinajstić information content (AvgIpc) is 3.27. The third kappa shape index (κ3) is 4.61. The van der Waals surface area contributed by atoms with Gasteiger partial charge in [-0.3, -0.25) is 15.2 Å². The topological polar surface area (TPSA) is 104 Å². The van der Waals surface area contributed by atoms with Crippen molar-refractivity contribution >= 4 is 35.0 Å². The number of urea groups is 1. The Kier molecular flexibility index (Phi) is 6.31. The van der Waals surface area contributed by atoms with E-state index >= 15 is 0 Å². The number of pyridine rings is 1. The number of carbonyl (C=O) groups excluding carboxylic acids is 1. The Balaban J connectivity index is 1.50. The average molecular weight is 521 g/mol. The van der Waals surface area contributed by atoms with E-state index in [0.29, 0.717) is 31.0 Å². The summed E-state index contributed by atoms with van der Waals surface area (Å²) in [7, 11) is 0. The summed E-state index contributed by atoms with van der Waals surface area (Å²) in [6, 6.07) is 5.63. The minimum absolute atomic E-state index is 0.0203. The molecule has 1 aromatic carbocycles. The number of hydrogen-bond acceptors (Lipinski definition) is 7. The van der Waals surface area contributed by atoms with E-state index in [0.717, 1.165) is 12.1 Å². The minimum Gasteiger partial charge on any atom is -0.474 e. The van der Waals surface area contributed by atoms with Gasteiger partial charge in [-0.15, -0.1) is 0 Å². The van der Waals surface area contributed by atoms with Crippen LogP contribution in [0.3, 0.4) is 0 Å². The van der Waals surface area contributed by atoms with Gasteiger partial charge in [0.2, 0.25) is 5.88 Å². The quantitative estimate of drug-likeness (QED) is 0.519. The first-order chi connectivity index (χ1) is 17.2. The third-order valence-corrected chi connectivity index (χ3v) is 6.19. The normalized spacial score (nSPS) is 16.6. The first-order valence-electron chi connectivity index (χ1n) is 11.0. The van der Waals surface area contributed by atoms with E-state index in [1.807, 2.05) is 4.90 Å². The second-order valence-corrected chi connectivity index (χ2v) is 8.65. The number of benzene rings is 1. The first kappa shape index (κ1) is 24.1. The van der Waals surface area contributed by atoms with Gasteiger partial charge in [0.15, 0.2) is 11.6 Å².